The summed E-state index contributed by atoms with van der Waals surface area (Å²) in [7, 11) is 1.13. The number of benzene rings is 1. The first kappa shape index (κ1) is 19.5. The highest BCUT2D eigenvalue weighted by atomic mass is 32.1. The van der Waals surface area contributed by atoms with Crippen LogP contribution in [-0.2, 0) is 10.9 Å². The number of aromatic nitrogens is 2. The number of rotatable bonds is 4. The van der Waals surface area contributed by atoms with Crippen LogP contribution in [0.15, 0.2) is 48.8 Å². The highest BCUT2D eigenvalue weighted by Gasteiger charge is 2.31. The fraction of sp³-hybridized carbons (Fsp3) is 0.111. The first-order valence-electron chi connectivity index (χ1n) is 7.77. The summed E-state index contributed by atoms with van der Waals surface area (Å²) >= 11 is 0.872. The molecule has 0 unspecified atom stereocenters. The van der Waals surface area contributed by atoms with Crippen LogP contribution in [0.5, 0.6) is 0 Å². The SMILES string of the molecule is COC(=O)c1nc(NC(=O)c2ccncc2)sc1-c1cccc(C(F)(F)F)c1. The van der Waals surface area contributed by atoms with Gasteiger partial charge in [-0.05, 0) is 29.8 Å². The van der Waals surface area contributed by atoms with Crippen molar-refractivity contribution in [2.75, 3.05) is 12.4 Å². The van der Waals surface area contributed by atoms with Crippen molar-refractivity contribution in [2.45, 2.75) is 6.18 Å². The molecule has 1 amide bonds. The van der Waals surface area contributed by atoms with Gasteiger partial charge in [-0.15, -0.1) is 0 Å². The van der Waals surface area contributed by atoms with E-state index in [2.05, 4.69) is 20.0 Å². The number of halogens is 3. The summed E-state index contributed by atoms with van der Waals surface area (Å²) in [6.45, 7) is 0. The second-order valence-electron chi connectivity index (χ2n) is 5.46. The Morgan fingerprint density at radius 2 is 1.86 bits per heavy atom. The van der Waals surface area contributed by atoms with E-state index >= 15 is 0 Å². The molecule has 0 saturated heterocycles. The predicted molar refractivity (Wildman–Crippen MR) is 96.1 cm³/mol. The molecule has 0 saturated carbocycles. The van der Waals surface area contributed by atoms with E-state index in [1.807, 2.05) is 0 Å². The second-order valence-corrected chi connectivity index (χ2v) is 6.46. The van der Waals surface area contributed by atoms with E-state index < -0.39 is 23.6 Å². The Labute approximate surface area is 161 Å². The Hall–Kier alpha value is -3.27. The number of methoxy groups -OCH3 is 1. The summed E-state index contributed by atoms with van der Waals surface area (Å²) in [5, 5.41) is 2.57. The van der Waals surface area contributed by atoms with Crippen molar-refractivity contribution < 1.29 is 27.5 Å². The van der Waals surface area contributed by atoms with Crippen LogP contribution in [-0.4, -0.2) is 29.0 Å². The van der Waals surface area contributed by atoms with E-state index in [9.17, 15) is 22.8 Å². The Kier molecular flexibility index (Phi) is 5.41. The van der Waals surface area contributed by atoms with Gasteiger partial charge in [0.25, 0.3) is 5.91 Å². The lowest BCUT2D eigenvalue weighted by molar-refractivity contribution is -0.137. The van der Waals surface area contributed by atoms with E-state index in [1.54, 1.807) is 0 Å². The molecule has 28 heavy (non-hydrogen) atoms. The molecule has 0 fully saturated rings. The number of thiazole rings is 1. The minimum absolute atomic E-state index is 0.0506. The monoisotopic (exact) mass is 407 g/mol. The lowest BCUT2D eigenvalue weighted by atomic mass is 10.1. The molecule has 0 spiro atoms. The Bertz CT molecular complexity index is 1020. The van der Waals surface area contributed by atoms with Gasteiger partial charge in [0.2, 0.25) is 0 Å². The molecule has 0 radical (unpaired) electrons. The average Bonchev–Trinajstić information content (AvgIpc) is 3.11. The maximum atomic E-state index is 13.0. The zero-order valence-electron chi connectivity index (χ0n) is 14.3. The molecule has 0 bridgehead atoms. The molecular formula is C18H12F3N3O3S. The Balaban J connectivity index is 2.00. The molecule has 6 nitrogen and oxygen atoms in total. The normalized spacial score (nSPS) is 11.1. The molecule has 2 aromatic heterocycles. The maximum absolute atomic E-state index is 13.0. The number of hydrogen-bond donors (Lipinski definition) is 1. The first-order chi connectivity index (χ1) is 13.3. The van der Waals surface area contributed by atoms with Crippen molar-refractivity contribution in [3.8, 4) is 10.4 Å². The van der Waals surface area contributed by atoms with Crippen LogP contribution < -0.4 is 5.32 Å². The largest absolute Gasteiger partial charge is 0.464 e. The molecule has 10 heteroatoms. The molecule has 3 aromatic rings. The molecule has 1 N–H and O–H groups in total. The lowest BCUT2D eigenvalue weighted by Crippen LogP contribution is -2.12. The number of anilines is 1. The number of esters is 1. The maximum Gasteiger partial charge on any atom is 0.416 e. The topological polar surface area (TPSA) is 81.2 Å². The van der Waals surface area contributed by atoms with Crippen molar-refractivity contribution >= 4 is 28.3 Å². The summed E-state index contributed by atoms with van der Waals surface area (Å²) < 4.78 is 43.7. The quantitative estimate of drug-likeness (QED) is 0.654. The number of nitrogens with one attached hydrogen (secondary N) is 1. The van der Waals surface area contributed by atoms with E-state index in [0.29, 0.717) is 5.56 Å². The predicted octanol–water partition coefficient (Wildman–Crippen LogP) is 4.26. The minimum atomic E-state index is -4.54. The molecule has 0 aliphatic carbocycles. The van der Waals surface area contributed by atoms with Crippen LogP contribution in [0.2, 0.25) is 0 Å². The van der Waals surface area contributed by atoms with Gasteiger partial charge in [0.15, 0.2) is 10.8 Å². The summed E-state index contributed by atoms with van der Waals surface area (Å²) in [4.78, 5) is 32.3. The van der Waals surface area contributed by atoms with Gasteiger partial charge in [0.1, 0.15) is 0 Å². The van der Waals surface area contributed by atoms with E-state index in [-0.39, 0.29) is 21.3 Å². The fourth-order valence-electron chi connectivity index (χ4n) is 2.31. The zero-order valence-corrected chi connectivity index (χ0v) is 15.1. The third kappa shape index (κ3) is 4.17. The molecule has 2 heterocycles. The van der Waals surface area contributed by atoms with E-state index in [4.69, 9.17) is 0 Å². The van der Waals surface area contributed by atoms with E-state index in [0.717, 1.165) is 30.6 Å². The van der Waals surface area contributed by atoms with Crippen molar-refractivity contribution in [1.29, 1.82) is 0 Å². The number of carbonyl (C=O) groups is 2. The number of alkyl halides is 3. The number of nitrogens with zero attached hydrogens (tertiary/aromatic N) is 2. The van der Waals surface area contributed by atoms with Crippen LogP contribution in [0.1, 0.15) is 26.4 Å². The number of amides is 1. The van der Waals surface area contributed by atoms with Gasteiger partial charge in [0, 0.05) is 18.0 Å². The number of hydrogen-bond acceptors (Lipinski definition) is 6. The summed E-state index contributed by atoms with van der Waals surface area (Å²) in [6.07, 6.45) is -1.67. The van der Waals surface area contributed by atoms with Gasteiger partial charge in [-0.1, -0.05) is 23.5 Å². The van der Waals surface area contributed by atoms with Crippen molar-refractivity contribution in [1.82, 2.24) is 9.97 Å². The smallest absolute Gasteiger partial charge is 0.416 e. The Morgan fingerprint density at radius 3 is 2.50 bits per heavy atom. The summed E-state index contributed by atoms with van der Waals surface area (Å²) in [6, 6.07) is 7.45. The van der Waals surface area contributed by atoms with Gasteiger partial charge in [-0.25, -0.2) is 9.78 Å². The molecule has 0 aliphatic rings. The summed E-state index contributed by atoms with van der Waals surface area (Å²) in [5.41, 5.74) is -0.601. The lowest BCUT2D eigenvalue weighted by Gasteiger charge is -2.08. The standard InChI is InChI=1S/C18H12F3N3O3S/c1-27-16(26)13-14(11-3-2-4-12(9-11)18(19,20)21)28-17(23-13)24-15(25)10-5-7-22-8-6-10/h2-9H,1H3,(H,23,24,25). The van der Waals surface area contributed by atoms with Gasteiger partial charge in [-0.2, -0.15) is 13.2 Å². The first-order valence-corrected chi connectivity index (χ1v) is 8.59. The van der Waals surface area contributed by atoms with Gasteiger partial charge >= 0.3 is 12.1 Å². The van der Waals surface area contributed by atoms with Gasteiger partial charge in [-0.3, -0.25) is 15.1 Å². The summed E-state index contributed by atoms with van der Waals surface area (Å²) in [5.74, 6) is -1.32. The van der Waals surface area contributed by atoms with E-state index in [1.165, 1.54) is 36.7 Å². The molecule has 144 valence electrons. The van der Waals surface area contributed by atoms with Crippen molar-refractivity contribution in [3.05, 3.63) is 65.6 Å². The number of carbonyl (C=O) groups excluding carboxylic acids is 2. The highest BCUT2D eigenvalue weighted by Crippen LogP contribution is 2.37. The molecule has 0 atom stereocenters. The van der Waals surface area contributed by atoms with Crippen molar-refractivity contribution in [2.24, 2.45) is 0 Å². The van der Waals surface area contributed by atoms with Crippen LogP contribution in [0.4, 0.5) is 18.3 Å². The molecular weight excluding hydrogens is 395 g/mol. The number of ether oxygens (including phenoxy) is 1. The average molecular weight is 407 g/mol. The molecule has 1 aromatic carbocycles. The van der Waals surface area contributed by atoms with Crippen LogP contribution in [0.25, 0.3) is 10.4 Å². The Morgan fingerprint density at radius 1 is 1.14 bits per heavy atom. The molecule has 0 aliphatic heterocycles. The fourth-order valence-corrected chi connectivity index (χ4v) is 3.26. The van der Waals surface area contributed by atoms with Gasteiger partial charge in [0.05, 0.1) is 17.6 Å². The van der Waals surface area contributed by atoms with Crippen LogP contribution in [0.3, 0.4) is 0 Å². The van der Waals surface area contributed by atoms with Crippen LogP contribution >= 0.6 is 11.3 Å². The van der Waals surface area contributed by atoms with Crippen LogP contribution in [0, 0.1) is 0 Å². The van der Waals surface area contributed by atoms with Gasteiger partial charge < -0.3 is 4.74 Å². The van der Waals surface area contributed by atoms with Crippen molar-refractivity contribution in [3.63, 3.8) is 0 Å². The number of pyridine rings is 1. The second kappa shape index (κ2) is 7.77. The third-order valence-electron chi connectivity index (χ3n) is 3.62. The zero-order chi connectivity index (χ0) is 20.3. The minimum Gasteiger partial charge on any atom is -0.464 e. The third-order valence-corrected chi connectivity index (χ3v) is 4.64. The highest BCUT2D eigenvalue weighted by molar-refractivity contribution is 7.19. The molecule has 3 rings (SSSR count).